The predicted octanol–water partition coefficient (Wildman–Crippen LogP) is 15.3. The summed E-state index contributed by atoms with van der Waals surface area (Å²) in [6.07, 6.45) is 0. The van der Waals surface area contributed by atoms with Crippen LogP contribution in [0.4, 0.5) is 17.1 Å². The van der Waals surface area contributed by atoms with E-state index >= 15 is 0 Å². The molecule has 1 heterocycles. The first-order chi connectivity index (χ1) is 26.0. The molecule has 1 aliphatic rings. The Morgan fingerprint density at radius 2 is 1.02 bits per heavy atom. The standard InChI is InChI=1S/C52H43NO/c1-51(2,3)38-30-46-41-18-13-19-48(50(41)54-49(46)47(31-38)52(4,5)6)53(39-16-11-8-12-17-39)40-23-22-35-27-43-42-26-34-21-20-33(32-14-9-7-10-15-32)24-36(34)28-44(42)45(43)29-37(35)25-40/h7-31H,1-6H3. The molecule has 262 valence electrons. The second-order valence-corrected chi connectivity index (χ2v) is 17.1. The Labute approximate surface area is 317 Å². The van der Waals surface area contributed by atoms with Crippen LogP contribution in [0.1, 0.15) is 52.7 Å². The number of hydrogen-bond acceptors (Lipinski definition) is 2. The number of benzene rings is 8. The van der Waals surface area contributed by atoms with Crippen molar-refractivity contribution in [2.45, 2.75) is 52.4 Å². The van der Waals surface area contributed by atoms with Crippen LogP contribution in [0.5, 0.6) is 0 Å². The summed E-state index contributed by atoms with van der Waals surface area (Å²) in [4.78, 5) is 2.36. The third-order valence-corrected chi connectivity index (χ3v) is 11.4. The van der Waals surface area contributed by atoms with Gasteiger partial charge in [-0.2, -0.15) is 0 Å². The number of rotatable bonds is 4. The summed E-state index contributed by atoms with van der Waals surface area (Å²) >= 11 is 0. The summed E-state index contributed by atoms with van der Waals surface area (Å²) in [7, 11) is 0. The molecule has 0 amide bonds. The molecule has 0 N–H and O–H groups in total. The van der Waals surface area contributed by atoms with Crippen LogP contribution in [0.3, 0.4) is 0 Å². The average Bonchev–Trinajstić information content (AvgIpc) is 3.55. The van der Waals surface area contributed by atoms with Crippen LogP contribution in [-0.4, -0.2) is 0 Å². The molecule has 0 spiro atoms. The van der Waals surface area contributed by atoms with Gasteiger partial charge in [-0.1, -0.05) is 126 Å². The number of anilines is 3. The molecule has 0 atom stereocenters. The fraction of sp³-hybridized carbons (Fsp3) is 0.154. The van der Waals surface area contributed by atoms with Crippen molar-refractivity contribution in [3.63, 3.8) is 0 Å². The molecule has 1 aliphatic carbocycles. The molecule has 1 aromatic heterocycles. The van der Waals surface area contributed by atoms with Crippen LogP contribution >= 0.6 is 0 Å². The van der Waals surface area contributed by atoms with E-state index < -0.39 is 0 Å². The Morgan fingerprint density at radius 1 is 0.407 bits per heavy atom. The highest BCUT2D eigenvalue weighted by Crippen LogP contribution is 2.51. The van der Waals surface area contributed by atoms with Crippen molar-refractivity contribution in [3.05, 3.63) is 163 Å². The maximum atomic E-state index is 7.03. The van der Waals surface area contributed by atoms with Crippen LogP contribution < -0.4 is 4.90 Å². The molecule has 0 saturated carbocycles. The third-order valence-electron chi connectivity index (χ3n) is 11.4. The summed E-state index contributed by atoms with van der Waals surface area (Å²) in [6, 6.07) is 55.8. The maximum absolute atomic E-state index is 7.03. The Bertz CT molecular complexity index is 2940. The molecule has 2 heteroatoms. The Morgan fingerprint density at radius 3 is 1.67 bits per heavy atom. The molecule has 9 aromatic rings. The molecule has 0 bridgehead atoms. The highest BCUT2D eigenvalue weighted by atomic mass is 16.3. The lowest BCUT2D eigenvalue weighted by Crippen LogP contribution is -2.16. The first-order valence-corrected chi connectivity index (χ1v) is 19.1. The highest BCUT2D eigenvalue weighted by Gasteiger charge is 2.28. The Balaban J connectivity index is 1.12. The zero-order valence-electron chi connectivity index (χ0n) is 31.8. The average molecular weight is 698 g/mol. The number of para-hydroxylation sites is 2. The summed E-state index contributed by atoms with van der Waals surface area (Å²) in [5.41, 5.74) is 15.4. The van der Waals surface area contributed by atoms with E-state index in [2.05, 4.69) is 198 Å². The number of fused-ring (bicyclic) bond motifs is 9. The van der Waals surface area contributed by atoms with Crippen molar-refractivity contribution in [2.75, 3.05) is 4.90 Å². The fourth-order valence-corrected chi connectivity index (χ4v) is 8.42. The Kier molecular flexibility index (Phi) is 7.04. The van der Waals surface area contributed by atoms with E-state index in [4.69, 9.17) is 4.42 Å². The number of hydrogen-bond donors (Lipinski definition) is 0. The Hall–Kier alpha value is -6.12. The van der Waals surface area contributed by atoms with Gasteiger partial charge in [0, 0.05) is 27.7 Å². The van der Waals surface area contributed by atoms with Crippen molar-refractivity contribution in [3.8, 4) is 33.4 Å². The van der Waals surface area contributed by atoms with Gasteiger partial charge in [0.2, 0.25) is 0 Å². The van der Waals surface area contributed by atoms with E-state index in [0.29, 0.717) is 0 Å². The van der Waals surface area contributed by atoms with Crippen molar-refractivity contribution >= 4 is 60.5 Å². The minimum Gasteiger partial charge on any atom is -0.454 e. The van der Waals surface area contributed by atoms with Gasteiger partial charge in [-0.05, 0) is 138 Å². The highest BCUT2D eigenvalue weighted by molar-refractivity contribution is 6.14. The minimum atomic E-state index is -0.0817. The van der Waals surface area contributed by atoms with Crippen LogP contribution in [0.25, 0.3) is 76.9 Å². The molecule has 0 radical (unpaired) electrons. The lowest BCUT2D eigenvalue weighted by Gasteiger charge is -2.28. The first kappa shape index (κ1) is 32.5. The summed E-state index contributed by atoms with van der Waals surface area (Å²) in [5.74, 6) is 0. The minimum absolute atomic E-state index is 0.0105. The largest absolute Gasteiger partial charge is 0.454 e. The molecular formula is C52H43NO. The summed E-state index contributed by atoms with van der Waals surface area (Å²) < 4.78 is 7.03. The lowest BCUT2D eigenvalue weighted by molar-refractivity contribution is 0.559. The molecule has 0 fully saturated rings. The van der Waals surface area contributed by atoms with E-state index in [1.165, 1.54) is 71.4 Å². The predicted molar refractivity (Wildman–Crippen MR) is 231 cm³/mol. The smallest absolute Gasteiger partial charge is 0.159 e. The van der Waals surface area contributed by atoms with Crippen molar-refractivity contribution in [2.24, 2.45) is 0 Å². The molecule has 8 aromatic carbocycles. The molecule has 0 saturated heterocycles. The molecule has 2 nitrogen and oxygen atoms in total. The third kappa shape index (κ3) is 5.16. The summed E-state index contributed by atoms with van der Waals surface area (Å²) in [6.45, 7) is 13.7. The van der Waals surface area contributed by atoms with Gasteiger partial charge in [0.15, 0.2) is 5.58 Å². The van der Waals surface area contributed by atoms with Crippen LogP contribution in [-0.2, 0) is 10.8 Å². The van der Waals surface area contributed by atoms with Gasteiger partial charge in [-0.3, -0.25) is 0 Å². The number of furan rings is 1. The molecule has 54 heavy (non-hydrogen) atoms. The molecule has 10 rings (SSSR count). The molecule has 0 aliphatic heterocycles. The van der Waals surface area contributed by atoms with Crippen LogP contribution in [0.15, 0.2) is 156 Å². The normalized spacial score (nSPS) is 12.6. The maximum Gasteiger partial charge on any atom is 0.159 e. The topological polar surface area (TPSA) is 16.4 Å². The van der Waals surface area contributed by atoms with Gasteiger partial charge in [-0.25, -0.2) is 0 Å². The van der Waals surface area contributed by atoms with E-state index in [0.717, 1.165) is 33.6 Å². The second kappa shape index (κ2) is 11.7. The van der Waals surface area contributed by atoms with Gasteiger partial charge >= 0.3 is 0 Å². The van der Waals surface area contributed by atoms with Gasteiger partial charge in [0.1, 0.15) is 5.58 Å². The SMILES string of the molecule is CC(C)(C)c1cc(C(C)(C)C)c2oc3c(N(c4ccccc4)c4ccc5cc6c(cc5c4)-c4cc5cc(-c7ccccc7)ccc5cc4-6)cccc3c2c1. The van der Waals surface area contributed by atoms with Gasteiger partial charge in [0.05, 0.1) is 5.69 Å². The summed E-state index contributed by atoms with van der Waals surface area (Å²) in [5, 5.41) is 7.32. The number of nitrogens with zero attached hydrogens (tertiary/aromatic N) is 1. The first-order valence-electron chi connectivity index (χ1n) is 19.1. The van der Waals surface area contributed by atoms with Crippen LogP contribution in [0.2, 0.25) is 0 Å². The van der Waals surface area contributed by atoms with E-state index in [1.807, 2.05) is 0 Å². The van der Waals surface area contributed by atoms with E-state index in [9.17, 15) is 0 Å². The van der Waals surface area contributed by atoms with Crippen molar-refractivity contribution in [1.29, 1.82) is 0 Å². The quantitative estimate of drug-likeness (QED) is 0.182. The molecular weight excluding hydrogens is 655 g/mol. The van der Waals surface area contributed by atoms with Gasteiger partial charge in [-0.15, -0.1) is 0 Å². The van der Waals surface area contributed by atoms with E-state index in [1.54, 1.807) is 0 Å². The van der Waals surface area contributed by atoms with Crippen LogP contribution in [0, 0.1) is 0 Å². The second-order valence-electron chi connectivity index (χ2n) is 17.1. The zero-order valence-corrected chi connectivity index (χ0v) is 31.8. The van der Waals surface area contributed by atoms with Crippen molar-refractivity contribution in [1.82, 2.24) is 0 Å². The lowest BCUT2D eigenvalue weighted by atomic mass is 9.77. The fourth-order valence-electron chi connectivity index (χ4n) is 8.42. The van der Waals surface area contributed by atoms with Crippen molar-refractivity contribution < 1.29 is 4.42 Å². The molecule has 0 unspecified atom stereocenters. The van der Waals surface area contributed by atoms with Gasteiger partial charge in [0.25, 0.3) is 0 Å². The zero-order chi connectivity index (χ0) is 36.9. The monoisotopic (exact) mass is 697 g/mol. The van der Waals surface area contributed by atoms with Gasteiger partial charge < -0.3 is 9.32 Å². The van der Waals surface area contributed by atoms with E-state index in [-0.39, 0.29) is 10.8 Å².